The molecule has 1 aromatic heterocycles. The van der Waals surface area contributed by atoms with Gasteiger partial charge in [-0.2, -0.15) is 5.26 Å². The van der Waals surface area contributed by atoms with Gasteiger partial charge < -0.3 is 20.2 Å². The van der Waals surface area contributed by atoms with E-state index < -0.39 is 0 Å². The summed E-state index contributed by atoms with van der Waals surface area (Å²) in [5.74, 6) is 0.689. The molecular weight excluding hydrogens is 406 g/mol. The van der Waals surface area contributed by atoms with Gasteiger partial charge in [-0.1, -0.05) is 12.1 Å². The number of nitrogens with two attached hydrogens (primary N) is 1. The summed E-state index contributed by atoms with van der Waals surface area (Å²) in [5.41, 5.74) is 8.59. The van der Waals surface area contributed by atoms with Crippen molar-refractivity contribution in [1.82, 2.24) is 14.9 Å². The minimum Gasteiger partial charge on any atom is -0.493 e. The number of aromatic amines is 1. The Morgan fingerprint density at radius 1 is 1.28 bits per heavy atom. The van der Waals surface area contributed by atoms with Gasteiger partial charge in [-0.05, 0) is 42.3 Å². The van der Waals surface area contributed by atoms with E-state index in [1.807, 2.05) is 12.1 Å². The van der Waals surface area contributed by atoms with Crippen molar-refractivity contribution >= 4 is 22.8 Å². The Bertz CT molecular complexity index is 1220. The summed E-state index contributed by atoms with van der Waals surface area (Å²) in [7, 11) is 0. The summed E-state index contributed by atoms with van der Waals surface area (Å²) >= 11 is 0. The van der Waals surface area contributed by atoms with Gasteiger partial charge in [0.05, 0.1) is 48.2 Å². The third-order valence-electron chi connectivity index (χ3n) is 5.27. The number of ether oxygens (including phenoxy) is 2. The summed E-state index contributed by atoms with van der Waals surface area (Å²) in [5, 5.41) is 9.06. The summed E-state index contributed by atoms with van der Waals surface area (Å²) in [6.45, 7) is 5.08. The molecule has 8 heteroatoms. The minimum atomic E-state index is -0.373. The van der Waals surface area contributed by atoms with Crippen LogP contribution in [0.25, 0.3) is 22.8 Å². The van der Waals surface area contributed by atoms with Crippen LogP contribution in [0.15, 0.2) is 47.3 Å². The molecule has 0 amide bonds. The Labute approximate surface area is 185 Å². The van der Waals surface area contributed by atoms with Gasteiger partial charge in [0.2, 0.25) is 0 Å². The number of morpholine rings is 1. The SMILES string of the molecule is N#Cc1cccc(/C=C(\N)c2nc3cc(OCCCN4CCOCC4)ccc3[nH]c2=O)c1. The number of nitrogens with one attached hydrogen (secondary N) is 1. The average molecular weight is 431 g/mol. The van der Waals surface area contributed by atoms with Gasteiger partial charge >= 0.3 is 0 Å². The number of fused-ring (bicyclic) bond motifs is 1. The molecule has 8 nitrogen and oxygen atoms in total. The number of nitrogens with zero attached hydrogens (tertiary/aromatic N) is 3. The third-order valence-corrected chi connectivity index (χ3v) is 5.27. The van der Waals surface area contributed by atoms with Crippen LogP contribution in [0.1, 0.15) is 23.2 Å². The highest BCUT2D eigenvalue weighted by Gasteiger charge is 2.11. The molecule has 0 aliphatic carbocycles. The predicted octanol–water partition coefficient (Wildman–Crippen LogP) is 2.35. The van der Waals surface area contributed by atoms with Gasteiger partial charge in [0.1, 0.15) is 5.75 Å². The monoisotopic (exact) mass is 431 g/mol. The molecule has 0 unspecified atom stereocenters. The molecule has 32 heavy (non-hydrogen) atoms. The van der Waals surface area contributed by atoms with E-state index in [9.17, 15) is 4.79 Å². The van der Waals surface area contributed by atoms with Crippen LogP contribution in [0.2, 0.25) is 0 Å². The Morgan fingerprint density at radius 2 is 2.12 bits per heavy atom. The average Bonchev–Trinajstić information content (AvgIpc) is 2.82. The Hall–Kier alpha value is -3.67. The highest BCUT2D eigenvalue weighted by molar-refractivity contribution is 5.82. The van der Waals surface area contributed by atoms with Crippen LogP contribution in [0.4, 0.5) is 0 Å². The van der Waals surface area contributed by atoms with Gasteiger partial charge in [-0.3, -0.25) is 9.69 Å². The maximum atomic E-state index is 12.5. The number of aromatic nitrogens is 2. The van der Waals surface area contributed by atoms with Crippen molar-refractivity contribution in [2.45, 2.75) is 6.42 Å². The first-order valence-electron chi connectivity index (χ1n) is 10.6. The molecule has 1 aliphatic heterocycles. The Kier molecular flexibility index (Phi) is 6.80. The fourth-order valence-corrected chi connectivity index (χ4v) is 3.60. The van der Waals surface area contributed by atoms with Gasteiger partial charge in [0.25, 0.3) is 5.56 Å². The second kappa shape index (κ2) is 10.1. The van der Waals surface area contributed by atoms with Crippen LogP contribution < -0.4 is 16.0 Å². The Balaban J connectivity index is 1.48. The highest BCUT2D eigenvalue weighted by atomic mass is 16.5. The van der Waals surface area contributed by atoms with E-state index in [4.69, 9.17) is 20.5 Å². The molecule has 164 valence electrons. The number of hydrogen-bond donors (Lipinski definition) is 2. The molecular formula is C24H25N5O3. The van der Waals surface area contributed by atoms with Crippen molar-refractivity contribution in [2.24, 2.45) is 5.73 Å². The molecule has 4 rings (SSSR count). The van der Waals surface area contributed by atoms with Crippen LogP contribution in [-0.4, -0.2) is 54.3 Å². The number of rotatable bonds is 7. The predicted molar refractivity (Wildman–Crippen MR) is 123 cm³/mol. The minimum absolute atomic E-state index is 0.129. The second-order valence-electron chi connectivity index (χ2n) is 7.59. The molecule has 0 atom stereocenters. The normalized spacial score (nSPS) is 14.9. The van der Waals surface area contributed by atoms with Crippen LogP contribution in [0, 0.1) is 11.3 Å². The molecule has 0 saturated carbocycles. The van der Waals surface area contributed by atoms with Crippen LogP contribution in [-0.2, 0) is 4.74 Å². The van der Waals surface area contributed by atoms with E-state index in [0.29, 0.717) is 29.0 Å². The third kappa shape index (κ3) is 5.32. The van der Waals surface area contributed by atoms with Crippen molar-refractivity contribution in [3.63, 3.8) is 0 Å². The molecule has 0 radical (unpaired) electrons. The highest BCUT2D eigenvalue weighted by Crippen LogP contribution is 2.19. The number of nitriles is 1. The van der Waals surface area contributed by atoms with Crippen LogP contribution >= 0.6 is 0 Å². The smallest absolute Gasteiger partial charge is 0.276 e. The van der Waals surface area contributed by atoms with E-state index >= 15 is 0 Å². The van der Waals surface area contributed by atoms with E-state index in [2.05, 4.69) is 20.9 Å². The zero-order chi connectivity index (χ0) is 22.3. The van der Waals surface area contributed by atoms with E-state index in [1.54, 1.807) is 36.4 Å². The summed E-state index contributed by atoms with van der Waals surface area (Å²) in [6, 6.07) is 14.5. The molecule has 3 aromatic rings. The lowest BCUT2D eigenvalue weighted by Gasteiger charge is -2.26. The largest absolute Gasteiger partial charge is 0.493 e. The molecule has 2 heterocycles. The number of hydrogen-bond acceptors (Lipinski definition) is 7. The van der Waals surface area contributed by atoms with Crippen molar-refractivity contribution in [2.75, 3.05) is 39.5 Å². The van der Waals surface area contributed by atoms with Crippen LogP contribution in [0.5, 0.6) is 5.75 Å². The first-order valence-corrected chi connectivity index (χ1v) is 10.6. The van der Waals surface area contributed by atoms with Crippen molar-refractivity contribution in [1.29, 1.82) is 5.26 Å². The van der Waals surface area contributed by atoms with Crippen molar-refractivity contribution in [3.8, 4) is 11.8 Å². The second-order valence-corrected chi connectivity index (χ2v) is 7.59. The van der Waals surface area contributed by atoms with Gasteiger partial charge in [-0.15, -0.1) is 0 Å². The van der Waals surface area contributed by atoms with Gasteiger partial charge in [0.15, 0.2) is 5.69 Å². The molecule has 2 aromatic carbocycles. The fraction of sp³-hybridized carbons (Fsp3) is 0.292. The molecule has 1 fully saturated rings. The van der Waals surface area contributed by atoms with Gasteiger partial charge in [-0.25, -0.2) is 4.98 Å². The van der Waals surface area contributed by atoms with Crippen LogP contribution in [0.3, 0.4) is 0 Å². The van der Waals surface area contributed by atoms with Crippen molar-refractivity contribution in [3.05, 3.63) is 69.6 Å². The van der Waals surface area contributed by atoms with Crippen molar-refractivity contribution < 1.29 is 9.47 Å². The Morgan fingerprint density at radius 3 is 2.94 bits per heavy atom. The lowest BCUT2D eigenvalue weighted by molar-refractivity contribution is 0.0358. The summed E-state index contributed by atoms with van der Waals surface area (Å²) in [4.78, 5) is 22.2. The first kappa shape index (κ1) is 21.6. The van der Waals surface area contributed by atoms with E-state index in [0.717, 1.165) is 44.8 Å². The quantitative estimate of drug-likeness (QED) is 0.552. The topological polar surface area (TPSA) is 117 Å². The fourth-order valence-electron chi connectivity index (χ4n) is 3.60. The number of H-pyrrole nitrogens is 1. The zero-order valence-corrected chi connectivity index (χ0v) is 17.7. The van der Waals surface area contributed by atoms with E-state index in [1.165, 1.54) is 0 Å². The zero-order valence-electron chi connectivity index (χ0n) is 17.7. The summed E-state index contributed by atoms with van der Waals surface area (Å²) in [6.07, 6.45) is 2.55. The first-order chi connectivity index (χ1) is 15.6. The maximum Gasteiger partial charge on any atom is 0.276 e. The number of benzene rings is 2. The lowest BCUT2D eigenvalue weighted by atomic mass is 10.1. The van der Waals surface area contributed by atoms with Gasteiger partial charge in [0, 0.05) is 25.7 Å². The molecule has 0 spiro atoms. The molecule has 3 N–H and O–H groups in total. The molecule has 1 aliphatic rings. The maximum absolute atomic E-state index is 12.5. The standard InChI is InChI=1S/C24H25N5O3/c25-16-18-4-1-3-17(13-18)14-20(26)23-24(30)28-21-6-5-19(15-22(21)27-23)32-10-2-7-29-8-11-31-12-9-29/h1,3-6,13-15H,2,7-12,26H2,(H,28,30)/b20-14-. The summed E-state index contributed by atoms with van der Waals surface area (Å²) < 4.78 is 11.3. The van der Waals surface area contributed by atoms with E-state index in [-0.39, 0.29) is 17.0 Å². The lowest BCUT2D eigenvalue weighted by Crippen LogP contribution is -2.37. The molecule has 0 bridgehead atoms. The molecule has 1 saturated heterocycles.